The van der Waals surface area contributed by atoms with Crippen LogP contribution in [0.5, 0.6) is 0 Å². The number of para-hydroxylation sites is 2. The van der Waals surface area contributed by atoms with E-state index in [2.05, 4.69) is 20.1 Å². The predicted molar refractivity (Wildman–Crippen MR) is 106 cm³/mol. The predicted octanol–water partition coefficient (Wildman–Crippen LogP) is 3.97. The second-order valence-corrected chi connectivity index (χ2v) is 7.82. The Kier molecular flexibility index (Phi) is 4.40. The molecular formula is C20H19N5O2S. The van der Waals surface area contributed by atoms with Gasteiger partial charge in [0.25, 0.3) is 0 Å². The number of hydrogen-bond acceptors (Lipinski definition) is 6. The summed E-state index contributed by atoms with van der Waals surface area (Å²) < 4.78 is 5.31. The third-order valence-corrected chi connectivity index (χ3v) is 5.92. The molecule has 0 aliphatic carbocycles. The summed E-state index contributed by atoms with van der Waals surface area (Å²) in [5, 5.41) is 5.98. The number of aromatic nitrogens is 4. The summed E-state index contributed by atoms with van der Waals surface area (Å²) in [6.45, 7) is 0.755. The molecule has 4 heterocycles. The summed E-state index contributed by atoms with van der Waals surface area (Å²) >= 11 is 1.56. The number of imidazole rings is 1. The molecule has 0 radical (unpaired) electrons. The van der Waals surface area contributed by atoms with E-state index in [4.69, 9.17) is 4.52 Å². The van der Waals surface area contributed by atoms with Crippen molar-refractivity contribution < 1.29 is 9.32 Å². The van der Waals surface area contributed by atoms with Crippen molar-refractivity contribution in [3.8, 4) is 10.7 Å². The number of thiophene rings is 1. The lowest BCUT2D eigenvalue weighted by molar-refractivity contribution is -0.132. The van der Waals surface area contributed by atoms with Gasteiger partial charge in [0.2, 0.25) is 17.6 Å². The van der Waals surface area contributed by atoms with E-state index < -0.39 is 0 Å². The van der Waals surface area contributed by atoms with Crippen LogP contribution in [0.25, 0.3) is 21.7 Å². The SMILES string of the molecule is O=C(CCc1nc(-c2cccs2)no1)N1CCCC1c1nc2ccccc2[nH]1. The summed E-state index contributed by atoms with van der Waals surface area (Å²) in [5.41, 5.74) is 1.94. The number of nitrogens with one attached hydrogen (secondary N) is 1. The van der Waals surface area contributed by atoms with E-state index >= 15 is 0 Å². The van der Waals surface area contributed by atoms with Crippen molar-refractivity contribution in [1.29, 1.82) is 0 Å². The molecule has 1 saturated heterocycles. The molecule has 1 atom stereocenters. The first-order valence-corrected chi connectivity index (χ1v) is 10.3. The van der Waals surface area contributed by atoms with Crippen LogP contribution in [-0.2, 0) is 11.2 Å². The van der Waals surface area contributed by atoms with Crippen LogP contribution in [0.3, 0.4) is 0 Å². The zero-order valence-electron chi connectivity index (χ0n) is 15.2. The van der Waals surface area contributed by atoms with Gasteiger partial charge in [0, 0.05) is 19.4 Å². The number of fused-ring (bicyclic) bond motifs is 1. The number of carbonyl (C=O) groups excluding carboxylic acids is 1. The molecule has 0 saturated carbocycles. The molecule has 1 aliphatic rings. The van der Waals surface area contributed by atoms with Gasteiger partial charge in [-0.1, -0.05) is 23.4 Å². The Morgan fingerprint density at radius 2 is 2.18 bits per heavy atom. The van der Waals surface area contributed by atoms with Crippen molar-refractivity contribution >= 4 is 28.3 Å². The van der Waals surface area contributed by atoms with E-state index in [0.717, 1.165) is 41.1 Å². The number of H-pyrrole nitrogens is 1. The first-order chi connectivity index (χ1) is 13.8. The molecule has 0 spiro atoms. The minimum Gasteiger partial charge on any atom is -0.340 e. The molecule has 4 aromatic rings. The van der Waals surface area contributed by atoms with Gasteiger partial charge in [-0.3, -0.25) is 4.79 Å². The zero-order chi connectivity index (χ0) is 18.9. The van der Waals surface area contributed by atoms with Crippen LogP contribution in [-0.4, -0.2) is 37.5 Å². The normalized spacial score (nSPS) is 16.9. The third-order valence-electron chi connectivity index (χ3n) is 5.06. The number of hydrogen-bond donors (Lipinski definition) is 1. The number of carbonyl (C=O) groups is 1. The van der Waals surface area contributed by atoms with Gasteiger partial charge in [0.15, 0.2) is 0 Å². The zero-order valence-corrected chi connectivity index (χ0v) is 16.0. The first kappa shape index (κ1) is 17.1. The van der Waals surface area contributed by atoms with Crippen LogP contribution in [0.4, 0.5) is 0 Å². The van der Waals surface area contributed by atoms with Crippen LogP contribution in [0.1, 0.15) is 37.0 Å². The minimum absolute atomic E-state index is 0.00395. The van der Waals surface area contributed by atoms with E-state index in [1.54, 1.807) is 11.3 Å². The molecule has 1 aromatic carbocycles. The molecule has 1 fully saturated rings. The van der Waals surface area contributed by atoms with Crippen LogP contribution < -0.4 is 0 Å². The lowest BCUT2D eigenvalue weighted by Crippen LogP contribution is -2.31. The van der Waals surface area contributed by atoms with Crippen LogP contribution in [0.2, 0.25) is 0 Å². The first-order valence-electron chi connectivity index (χ1n) is 9.38. The Labute approximate surface area is 165 Å². The van der Waals surface area contributed by atoms with Crippen molar-refractivity contribution in [2.75, 3.05) is 6.54 Å². The summed E-state index contributed by atoms with van der Waals surface area (Å²) in [6.07, 6.45) is 2.70. The fourth-order valence-electron chi connectivity index (χ4n) is 3.70. The van der Waals surface area contributed by atoms with Gasteiger partial charge < -0.3 is 14.4 Å². The molecule has 5 rings (SSSR count). The van der Waals surface area contributed by atoms with E-state index in [-0.39, 0.29) is 11.9 Å². The average Bonchev–Trinajstić information content (AvgIpc) is 3.50. The number of nitrogens with zero attached hydrogens (tertiary/aromatic N) is 4. The number of rotatable bonds is 5. The number of aromatic amines is 1. The number of benzene rings is 1. The number of aryl methyl sites for hydroxylation is 1. The summed E-state index contributed by atoms with van der Waals surface area (Å²) in [5.74, 6) is 2.04. The van der Waals surface area contributed by atoms with Crippen molar-refractivity contribution in [2.45, 2.75) is 31.7 Å². The topological polar surface area (TPSA) is 87.9 Å². The second-order valence-electron chi connectivity index (χ2n) is 6.87. The molecule has 28 heavy (non-hydrogen) atoms. The van der Waals surface area contributed by atoms with E-state index in [0.29, 0.717) is 24.6 Å². The average molecular weight is 393 g/mol. The van der Waals surface area contributed by atoms with Gasteiger partial charge in [-0.2, -0.15) is 4.98 Å². The van der Waals surface area contributed by atoms with Crippen molar-refractivity contribution in [2.24, 2.45) is 0 Å². The van der Waals surface area contributed by atoms with Gasteiger partial charge in [0.05, 0.1) is 22.0 Å². The molecule has 142 valence electrons. The van der Waals surface area contributed by atoms with Gasteiger partial charge in [-0.05, 0) is 36.4 Å². The Morgan fingerprint density at radius 1 is 1.25 bits per heavy atom. The molecular weight excluding hydrogens is 374 g/mol. The van der Waals surface area contributed by atoms with Gasteiger partial charge >= 0.3 is 0 Å². The van der Waals surface area contributed by atoms with Crippen molar-refractivity contribution in [1.82, 2.24) is 25.0 Å². The number of amides is 1. The van der Waals surface area contributed by atoms with Crippen LogP contribution in [0, 0.1) is 0 Å². The molecule has 3 aromatic heterocycles. The fourth-order valence-corrected chi connectivity index (χ4v) is 4.35. The highest BCUT2D eigenvalue weighted by Crippen LogP contribution is 2.32. The molecule has 7 nitrogen and oxygen atoms in total. The van der Waals surface area contributed by atoms with Crippen LogP contribution >= 0.6 is 11.3 Å². The summed E-state index contributed by atoms with van der Waals surface area (Å²) in [4.78, 5) is 28.2. The van der Waals surface area contributed by atoms with Crippen LogP contribution in [0.15, 0.2) is 46.3 Å². The standard InChI is InChI=1S/C20H19N5O2S/c26-18(10-9-17-23-20(24-27-17)16-8-4-12-28-16)25-11-3-7-15(25)19-21-13-5-1-2-6-14(13)22-19/h1-2,4-6,8,12,15H,3,7,9-11H2,(H,21,22). The molecule has 0 bridgehead atoms. The van der Waals surface area contributed by atoms with E-state index in [9.17, 15) is 4.79 Å². The lowest BCUT2D eigenvalue weighted by atomic mass is 10.2. The Balaban J connectivity index is 1.27. The Morgan fingerprint density at radius 3 is 3.04 bits per heavy atom. The fraction of sp³-hybridized carbons (Fsp3) is 0.300. The molecule has 1 N–H and O–H groups in total. The third kappa shape index (κ3) is 3.20. The smallest absolute Gasteiger partial charge is 0.227 e. The summed E-state index contributed by atoms with van der Waals surface area (Å²) in [6, 6.07) is 11.8. The quantitative estimate of drug-likeness (QED) is 0.554. The highest BCUT2D eigenvalue weighted by atomic mass is 32.1. The maximum absolute atomic E-state index is 12.8. The second kappa shape index (κ2) is 7.20. The Hall–Kier alpha value is -3.00. The minimum atomic E-state index is 0.00395. The number of likely N-dealkylation sites (tertiary alicyclic amines) is 1. The molecule has 1 unspecified atom stereocenters. The monoisotopic (exact) mass is 393 g/mol. The van der Waals surface area contributed by atoms with Crippen molar-refractivity contribution in [3.63, 3.8) is 0 Å². The highest BCUT2D eigenvalue weighted by molar-refractivity contribution is 7.13. The maximum Gasteiger partial charge on any atom is 0.227 e. The molecule has 1 amide bonds. The van der Waals surface area contributed by atoms with Gasteiger partial charge in [0.1, 0.15) is 5.82 Å². The van der Waals surface area contributed by atoms with E-state index in [1.165, 1.54) is 0 Å². The highest BCUT2D eigenvalue weighted by Gasteiger charge is 2.32. The maximum atomic E-state index is 12.8. The Bertz CT molecular complexity index is 1070. The van der Waals surface area contributed by atoms with Gasteiger partial charge in [-0.15, -0.1) is 11.3 Å². The summed E-state index contributed by atoms with van der Waals surface area (Å²) in [7, 11) is 0. The lowest BCUT2D eigenvalue weighted by Gasteiger charge is -2.23. The molecule has 1 aliphatic heterocycles. The van der Waals surface area contributed by atoms with Crippen molar-refractivity contribution in [3.05, 3.63) is 53.5 Å². The van der Waals surface area contributed by atoms with E-state index in [1.807, 2.05) is 46.7 Å². The molecule has 8 heteroatoms. The largest absolute Gasteiger partial charge is 0.340 e. The van der Waals surface area contributed by atoms with Gasteiger partial charge in [-0.25, -0.2) is 4.98 Å².